The monoisotopic (exact) mass is 537 g/mol. The Bertz CT molecular complexity index is 1590. The fourth-order valence-electron chi connectivity index (χ4n) is 5.06. The van der Waals surface area contributed by atoms with Crippen molar-refractivity contribution in [1.29, 1.82) is 0 Å². The van der Waals surface area contributed by atoms with Crippen molar-refractivity contribution >= 4 is 20.7 Å². The van der Waals surface area contributed by atoms with Crippen molar-refractivity contribution in [3.05, 3.63) is 72.9 Å². The van der Waals surface area contributed by atoms with Gasteiger partial charge in [0.05, 0.1) is 33.7 Å². The molecule has 0 radical (unpaired) electrons. The van der Waals surface area contributed by atoms with Crippen LogP contribution in [0.25, 0.3) is 10.9 Å². The molecule has 1 aliphatic heterocycles. The van der Waals surface area contributed by atoms with Gasteiger partial charge in [-0.1, -0.05) is 31.5 Å². The number of nitrogens with zero attached hydrogens (tertiary/aromatic N) is 2. The minimum absolute atomic E-state index is 0.0191. The Morgan fingerprint density at radius 1 is 1.11 bits per heavy atom. The molecule has 1 aromatic heterocycles. The molecule has 7 nitrogen and oxygen atoms in total. The summed E-state index contributed by atoms with van der Waals surface area (Å²) in [6, 6.07) is 5.40. The standard InChI is InChI=1S/C26H30F3N3O4S/c1-5-37(35,36)22-7-6-15(2)10-18(22)13-32-24(33)19-11-21(26(27,28)29)20(14-31-9-8-16(3)12-31)17(4)23(19)30-25(32)34/h6-7,10-11,16H,5,8-9,12-14H2,1-4H3,(H,30,34)/t16-/m1/s1. The second-order valence-corrected chi connectivity index (χ2v) is 12.2. The summed E-state index contributed by atoms with van der Waals surface area (Å²) in [4.78, 5) is 31.0. The smallest absolute Gasteiger partial charge is 0.306 e. The summed E-state index contributed by atoms with van der Waals surface area (Å²) in [7, 11) is -3.67. The van der Waals surface area contributed by atoms with Crippen LogP contribution in [0.4, 0.5) is 13.2 Å². The molecule has 3 aromatic rings. The van der Waals surface area contributed by atoms with Gasteiger partial charge in [0.15, 0.2) is 9.84 Å². The minimum Gasteiger partial charge on any atom is -0.306 e. The highest BCUT2D eigenvalue weighted by atomic mass is 32.2. The lowest BCUT2D eigenvalue weighted by Gasteiger charge is -2.22. The zero-order valence-corrected chi connectivity index (χ0v) is 22.0. The first-order chi connectivity index (χ1) is 17.2. The van der Waals surface area contributed by atoms with Crippen LogP contribution in [0.15, 0.2) is 38.8 Å². The van der Waals surface area contributed by atoms with Crippen molar-refractivity contribution in [2.75, 3.05) is 18.8 Å². The maximum Gasteiger partial charge on any atom is 0.416 e. The maximum absolute atomic E-state index is 14.2. The van der Waals surface area contributed by atoms with Gasteiger partial charge in [-0.05, 0) is 61.6 Å². The third-order valence-corrected chi connectivity index (χ3v) is 8.95. The van der Waals surface area contributed by atoms with E-state index in [0.29, 0.717) is 24.6 Å². The molecule has 0 saturated carbocycles. The quantitative estimate of drug-likeness (QED) is 0.513. The topological polar surface area (TPSA) is 92.2 Å². The number of rotatable bonds is 6. The number of H-pyrrole nitrogens is 1. The number of aromatic amines is 1. The first-order valence-electron chi connectivity index (χ1n) is 12.1. The highest BCUT2D eigenvalue weighted by Crippen LogP contribution is 2.37. The van der Waals surface area contributed by atoms with Crippen LogP contribution in [-0.2, 0) is 29.1 Å². The van der Waals surface area contributed by atoms with Crippen molar-refractivity contribution in [1.82, 2.24) is 14.5 Å². The van der Waals surface area contributed by atoms with Crippen LogP contribution in [-0.4, -0.2) is 41.7 Å². The summed E-state index contributed by atoms with van der Waals surface area (Å²) < 4.78 is 68.5. The highest BCUT2D eigenvalue weighted by molar-refractivity contribution is 7.91. The normalized spacial score (nSPS) is 17.1. The van der Waals surface area contributed by atoms with E-state index in [2.05, 4.69) is 4.98 Å². The minimum atomic E-state index is -4.70. The van der Waals surface area contributed by atoms with Crippen molar-refractivity contribution < 1.29 is 21.6 Å². The molecule has 1 N–H and O–H groups in total. The van der Waals surface area contributed by atoms with E-state index in [1.54, 1.807) is 19.1 Å². The van der Waals surface area contributed by atoms with Gasteiger partial charge < -0.3 is 4.98 Å². The summed E-state index contributed by atoms with van der Waals surface area (Å²) in [6.07, 6.45) is -3.81. The van der Waals surface area contributed by atoms with Crippen LogP contribution < -0.4 is 11.2 Å². The fraction of sp³-hybridized carbons (Fsp3) is 0.462. The molecule has 1 atom stereocenters. The number of sulfone groups is 1. The fourth-order valence-corrected chi connectivity index (χ4v) is 6.16. The first-order valence-corrected chi connectivity index (χ1v) is 13.8. The molecule has 37 heavy (non-hydrogen) atoms. The lowest BCUT2D eigenvalue weighted by atomic mass is 9.97. The van der Waals surface area contributed by atoms with Gasteiger partial charge in [0.25, 0.3) is 5.56 Å². The molecular weight excluding hydrogens is 507 g/mol. The molecular formula is C26H30F3N3O4S. The van der Waals surface area contributed by atoms with E-state index < -0.39 is 39.4 Å². The van der Waals surface area contributed by atoms with Crippen molar-refractivity contribution in [2.45, 2.75) is 58.3 Å². The number of likely N-dealkylation sites (tertiary alicyclic amines) is 1. The van der Waals surface area contributed by atoms with Crippen LogP contribution in [0.1, 0.15) is 48.1 Å². The van der Waals surface area contributed by atoms with Gasteiger partial charge in [0.1, 0.15) is 0 Å². The van der Waals surface area contributed by atoms with Crippen LogP contribution in [0.5, 0.6) is 0 Å². The lowest BCUT2D eigenvalue weighted by Crippen LogP contribution is -2.36. The third-order valence-electron chi connectivity index (χ3n) is 7.12. The maximum atomic E-state index is 14.2. The number of nitrogens with one attached hydrogen (secondary N) is 1. The van der Waals surface area contributed by atoms with E-state index in [9.17, 15) is 31.2 Å². The lowest BCUT2D eigenvalue weighted by molar-refractivity contribution is -0.138. The third kappa shape index (κ3) is 5.24. The van der Waals surface area contributed by atoms with E-state index in [4.69, 9.17) is 0 Å². The average molecular weight is 538 g/mol. The summed E-state index contributed by atoms with van der Waals surface area (Å²) in [5, 5.41) is -0.268. The molecule has 1 saturated heterocycles. The molecule has 0 aliphatic carbocycles. The van der Waals surface area contributed by atoms with Gasteiger partial charge in [-0.2, -0.15) is 13.2 Å². The van der Waals surface area contributed by atoms with Crippen molar-refractivity contribution in [3.8, 4) is 0 Å². The Morgan fingerprint density at radius 3 is 2.41 bits per heavy atom. The first kappa shape index (κ1) is 27.1. The van der Waals surface area contributed by atoms with Gasteiger partial charge >= 0.3 is 11.9 Å². The average Bonchev–Trinajstić information content (AvgIpc) is 3.22. The molecule has 4 rings (SSSR count). The number of hydrogen-bond donors (Lipinski definition) is 1. The van der Waals surface area contributed by atoms with E-state index in [1.807, 2.05) is 11.8 Å². The summed E-state index contributed by atoms with van der Waals surface area (Å²) in [6.45, 7) is 7.76. The zero-order chi connectivity index (χ0) is 27.3. The summed E-state index contributed by atoms with van der Waals surface area (Å²) in [5.74, 6) is 0.198. The molecule has 0 amide bonds. The van der Waals surface area contributed by atoms with E-state index in [-0.39, 0.29) is 44.8 Å². The van der Waals surface area contributed by atoms with Crippen LogP contribution in [0, 0.1) is 19.8 Å². The molecule has 200 valence electrons. The Hall–Kier alpha value is -2.92. The van der Waals surface area contributed by atoms with E-state index in [1.165, 1.54) is 19.9 Å². The SMILES string of the molecule is CCS(=O)(=O)c1ccc(C)cc1Cn1c(=O)[nH]c2c(C)c(CN3CC[C@@H](C)C3)c(C(F)(F)F)cc2c1=O. The van der Waals surface area contributed by atoms with Gasteiger partial charge in [0.2, 0.25) is 0 Å². The van der Waals surface area contributed by atoms with E-state index in [0.717, 1.165) is 17.1 Å². The number of aryl methyl sites for hydroxylation is 2. The predicted molar refractivity (Wildman–Crippen MR) is 136 cm³/mol. The van der Waals surface area contributed by atoms with Crippen molar-refractivity contribution in [2.24, 2.45) is 5.92 Å². The summed E-state index contributed by atoms with van der Waals surface area (Å²) >= 11 is 0. The van der Waals surface area contributed by atoms with Gasteiger partial charge in [0, 0.05) is 13.1 Å². The highest BCUT2D eigenvalue weighted by Gasteiger charge is 2.36. The molecule has 0 unspecified atom stereocenters. The predicted octanol–water partition coefficient (Wildman–Crippen LogP) is 4.01. The second-order valence-electron chi connectivity index (χ2n) is 9.91. The van der Waals surface area contributed by atoms with E-state index >= 15 is 0 Å². The molecule has 1 fully saturated rings. The van der Waals surface area contributed by atoms with Crippen LogP contribution >= 0.6 is 0 Å². The summed E-state index contributed by atoms with van der Waals surface area (Å²) in [5.41, 5.74) is -1.39. The number of aromatic nitrogens is 2. The molecule has 11 heteroatoms. The van der Waals surface area contributed by atoms with Crippen LogP contribution in [0.2, 0.25) is 0 Å². The number of benzene rings is 2. The number of fused-ring (bicyclic) bond motifs is 1. The molecule has 2 aromatic carbocycles. The molecule has 2 heterocycles. The Kier molecular flexibility index (Phi) is 7.15. The van der Waals surface area contributed by atoms with Crippen LogP contribution in [0.3, 0.4) is 0 Å². The van der Waals surface area contributed by atoms with Gasteiger partial charge in [-0.25, -0.2) is 13.2 Å². The van der Waals surface area contributed by atoms with Crippen molar-refractivity contribution in [3.63, 3.8) is 0 Å². The Balaban J connectivity index is 1.91. The van der Waals surface area contributed by atoms with Gasteiger partial charge in [-0.15, -0.1) is 0 Å². The number of alkyl halides is 3. The molecule has 1 aliphatic rings. The molecule has 0 spiro atoms. The Morgan fingerprint density at radius 2 is 1.81 bits per heavy atom. The Labute approximate surface area is 212 Å². The second kappa shape index (κ2) is 9.75. The number of halogens is 3. The largest absolute Gasteiger partial charge is 0.416 e. The molecule has 0 bridgehead atoms. The number of hydrogen-bond acceptors (Lipinski definition) is 5. The zero-order valence-electron chi connectivity index (χ0n) is 21.2. The van der Waals surface area contributed by atoms with Gasteiger partial charge in [-0.3, -0.25) is 14.3 Å².